The van der Waals surface area contributed by atoms with Gasteiger partial charge in [-0.15, -0.1) is 5.10 Å². The van der Waals surface area contributed by atoms with Crippen LogP contribution in [0.5, 0.6) is 0 Å². The largest absolute Gasteiger partial charge is 0.407 e. The molecule has 1 fully saturated rings. The Morgan fingerprint density at radius 3 is 2.84 bits per heavy atom. The smallest absolute Gasteiger partial charge is 0.318 e. The van der Waals surface area contributed by atoms with Gasteiger partial charge in [-0.05, 0) is 32.5 Å². The molecule has 19 heavy (non-hydrogen) atoms. The molecule has 0 radical (unpaired) electrons. The zero-order valence-electron chi connectivity index (χ0n) is 12.2. The third-order valence-corrected chi connectivity index (χ3v) is 3.28. The lowest BCUT2D eigenvalue weighted by Gasteiger charge is -2.17. The average molecular weight is 267 g/mol. The molecule has 1 aromatic rings. The number of hydrogen-bond acceptors (Lipinski definition) is 6. The summed E-state index contributed by atoms with van der Waals surface area (Å²) in [6.07, 6.45) is 1.14. The molecule has 0 aromatic carbocycles. The summed E-state index contributed by atoms with van der Waals surface area (Å²) in [5.41, 5.74) is 0. The van der Waals surface area contributed by atoms with Gasteiger partial charge in [0, 0.05) is 19.6 Å². The lowest BCUT2D eigenvalue weighted by atomic mass is 10.2. The van der Waals surface area contributed by atoms with Gasteiger partial charge < -0.3 is 19.5 Å². The van der Waals surface area contributed by atoms with Gasteiger partial charge in [0.05, 0.1) is 6.54 Å². The summed E-state index contributed by atoms with van der Waals surface area (Å²) in [5, 5.41) is 11.6. The summed E-state index contributed by atoms with van der Waals surface area (Å²) in [7, 11) is 2.15. The third-order valence-electron chi connectivity index (χ3n) is 3.28. The molecule has 6 heteroatoms. The highest BCUT2D eigenvalue weighted by molar-refractivity contribution is 5.24. The summed E-state index contributed by atoms with van der Waals surface area (Å²) < 4.78 is 5.72. The first kappa shape index (κ1) is 14.3. The molecule has 2 heterocycles. The Hall–Kier alpha value is -1.14. The van der Waals surface area contributed by atoms with Crippen LogP contribution in [0.3, 0.4) is 0 Å². The predicted molar refractivity (Wildman–Crippen MR) is 75.2 cm³/mol. The van der Waals surface area contributed by atoms with Crippen LogP contribution in [-0.4, -0.2) is 54.9 Å². The van der Waals surface area contributed by atoms with Crippen molar-refractivity contribution in [2.45, 2.75) is 26.8 Å². The van der Waals surface area contributed by atoms with E-state index in [0.717, 1.165) is 39.1 Å². The topological polar surface area (TPSA) is 57.4 Å². The van der Waals surface area contributed by atoms with Gasteiger partial charge in [-0.2, -0.15) is 0 Å². The van der Waals surface area contributed by atoms with Gasteiger partial charge in [0.1, 0.15) is 0 Å². The van der Waals surface area contributed by atoms with Crippen molar-refractivity contribution in [3.63, 3.8) is 0 Å². The van der Waals surface area contributed by atoms with Crippen LogP contribution in [0.25, 0.3) is 0 Å². The van der Waals surface area contributed by atoms with Crippen molar-refractivity contribution >= 4 is 6.01 Å². The SMILES string of the molecule is CC(C)CNCc1nnc(N2CCCN(C)CC2)o1. The molecular formula is C13H25N5O. The van der Waals surface area contributed by atoms with Crippen LogP contribution >= 0.6 is 0 Å². The van der Waals surface area contributed by atoms with Crippen LogP contribution < -0.4 is 10.2 Å². The predicted octanol–water partition coefficient (Wildman–Crippen LogP) is 0.957. The molecule has 108 valence electrons. The fraction of sp³-hybridized carbons (Fsp3) is 0.846. The van der Waals surface area contributed by atoms with Crippen LogP contribution in [-0.2, 0) is 6.54 Å². The molecule has 0 spiro atoms. The van der Waals surface area contributed by atoms with Crippen molar-refractivity contribution in [1.29, 1.82) is 0 Å². The molecule has 0 saturated carbocycles. The van der Waals surface area contributed by atoms with E-state index in [0.29, 0.717) is 24.4 Å². The summed E-state index contributed by atoms with van der Waals surface area (Å²) in [5.74, 6) is 1.30. The number of rotatable bonds is 5. The summed E-state index contributed by atoms with van der Waals surface area (Å²) in [6.45, 7) is 10.1. The summed E-state index contributed by atoms with van der Waals surface area (Å²) in [4.78, 5) is 4.52. The van der Waals surface area contributed by atoms with E-state index in [1.807, 2.05) is 0 Å². The average Bonchev–Trinajstić information content (AvgIpc) is 2.71. The summed E-state index contributed by atoms with van der Waals surface area (Å²) in [6, 6.07) is 0.664. The maximum atomic E-state index is 5.72. The zero-order chi connectivity index (χ0) is 13.7. The molecule has 1 aliphatic heterocycles. The fourth-order valence-electron chi connectivity index (χ4n) is 2.15. The molecule has 0 amide bonds. The molecule has 1 saturated heterocycles. The number of aromatic nitrogens is 2. The minimum absolute atomic E-state index is 0.628. The zero-order valence-corrected chi connectivity index (χ0v) is 12.2. The molecule has 1 N–H and O–H groups in total. The molecule has 6 nitrogen and oxygen atoms in total. The standard InChI is InChI=1S/C13H25N5O/c1-11(2)9-14-10-12-15-16-13(19-12)18-6-4-5-17(3)7-8-18/h11,14H,4-10H2,1-3H3. The van der Waals surface area contributed by atoms with Gasteiger partial charge in [-0.1, -0.05) is 18.9 Å². The lowest BCUT2D eigenvalue weighted by molar-refractivity contribution is 0.359. The normalized spacial score (nSPS) is 18.0. The molecule has 1 aromatic heterocycles. The molecule has 1 aliphatic rings. The lowest BCUT2D eigenvalue weighted by Crippen LogP contribution is -2.28. The molecule has 0 unspecified atom stereocenters. The Morgan fingerprint density at radius 1 is 1.21 bits per heavy atom. The van der Waals surface area contributed by atoms with Gasteiger partial charge in [0.15, 0.2) is 0 Å². The highest BCUT2D eigenvalue weighted by Gasteiger charge is 2.17. The first-order chi connectivity index (χ1) is 9.15. The Labute approximate surface area is 115 Å². The Balaban J connectivity index is 1.85. The van der Waals surface area contributed by atoms with E-state index in [1.165, 1.54) is 0 Å². The van der Waals surface area contributed by atoms with Crippen molar-refractivity contribution in [1.82, 2.24) is 20.4 Å². The first-order valence-electron chi connectivity index (χ1n) is 7.11. The van der Waals surface area contributed by atoms with Gasteiger partial charge >= 0.3 is 6.01 Å². The maximum Gasteiger partial charge on any atom is 0.318 e. The van der Waals surface area contributed by atoms with Crippen molar-refractivity contribution in [3.05, 3.63) is 5.89 Å². The molecule has 0 bridgehead atoms. The van der Waals surface area contributed by atoms with Crippen molar-refractivity contribution in [2.75, 3.05) is 44.7 Å². The molecule has 0 atom stereocenters. The van der Waals surface area contributed by atoms with Crippen molar-refractivity contribution in [2.24, 2.45) is 5.92 Å². The second-order valence-electron chi connectivity index (χ2n) is 5.65. The minimum Gasteiger partial charge on any atom is -0.407 e. The van der Waals surface area contributed by atoms with E-state index in [-0.39, 0.29) is 0 Å². The Morgan fingerprint density at radius 2 is 2.05 bits per heavy atom. The van der Waals surface area contributed by atoms with Gasteiger partial charge in [0.2, 0.25) is 5.89 Å². The van der Waals surface area contributed by atoms with Crippen LogP contribution in [0.15, 0.2) is 4.42 Å². The number of nitrogens with one attached hydrogen (secondary N) is 1. The van der Waals surface area contributed by atoms with E-state index in [9.17, 15) is 0 Å². The van der Waals surface area contributed by atoms with Crippen LogP contribution in [0.1, 0.15) is 26.2 Å². The number of nitrogens with zero attached hydrogens (tertiary/aromatic N) is 4. The fourth-order valence-corrected chi connectivity index (χ4v) is 2.15. The third kappa shape index (κ3) is 4.47. The van der Waals surface area contributed by atoms with E-state index >= 15 is 0 Å². The molecular weight excluding hydrogens is 242 g/mol. The first-order valence-corrected chi connectivity index (χ1v) is 7.11. The molecule has 0 aliphatic carbocycles. The highest BCUT2D eigenvalue weighted by Crippen LogP contribution is 2.14. The second kappa shape index (κ2) is 6.86. The van der Waals surface area contributed by atoms with Crippen molar-refractivity contribution < 1.29 is 4.42 Å². The van der Waals surface area contributed by atoms with E-state index in [4.69, 9.17) is 4.42 Å². The number of anilines is 1. The maximum absolute atomic E-state index is 5.72. The molecule has 2 rings (SSSR count). The van der Waals surface area contributed by atoms with E-state index in [1.54, 1.807) is 0 Å². The quantitative estimate of drug-likeness (QED) is 0.857. The van der Waals surface area contributed by atoms with Gasteiger partial charge in [-0.25, -0.2) is 0 Å². The van der Waals surface area contributed by atoms with Crippen molar-refractivity contribution in [3.8, 4) is 0 Å². The van der Waals surface area contributed by atoms with Gasteiger partial charge in [0.25, 0.3) is 0 Å². The minimum atomic E-state index is 0.628. The Bertz CT molecular complexity index is 379. The van der Waals surface area contributed by atoms with Gasteiger partial charge in [-0.3, -0.25) is 0 Å². The Kier molecular flexibility index (Phi) is 5.15. The highest BCUT2D eigenvalue weighted by atomic mass is 16.4. The monoisotopic (exact) mass is 267 g/mol. The summed E-state index contributed by atoms with van der Waals surface area (Å²) >= 11 is 0. The van der Waals surface area contributed by atoms with E-state index in [2.05, 4.69) is 46.2 Å². The van der Waals surface area contributed by atoms with E-state index < -0.39 is 0 Å². The second-order valence-corrected chi connectivity index (χ2v) is 5.65. The van der Waals surface area contributed by atoms with Crippen LogP contribution in [0.4, 0.5) is 6.01 Å². The van der Waals surface area contributed by atoms with Crippen LogP contribution in [0, 0.1) is 5.92 Å². The van der Waals surface area contributed by atoms with Crippen LogP contribution in [0.2, 0.25) is 0 Å². The number of hydrogen-bond donors (Lipinski definition) is 1. The number of likely N-dealkylation sites (N-methyl/N-ethyl adjacent to an activating group) is 1.